The van der Waals surface area contributed by atoms with E-state index < -0.39 is 0 Å². The van der Waals surface area contributed by atoms with Crippen molar-refractivity contribution in [2.75, 3.05) is 12.3 Å². The van der Waals surface area contributed by atoms with Crippen molar-refractivity contribution < 1.29 is 4.79 Å². The highest BCUT2D eigenvalue weighted by Gasteiger charge is 2.26. The van der Waals surface area contributed by atoms with E-state index in [1.807, 2.05) is 54.3 Å². The summed E-state index contributed by atoms with van der Waals surface area (Å²) < 4.78 is 1.66. The van der Waals surface area contributed by atoms with E-state index in [-0.39, 0.29) is 17.2 Å². The van der Waals surface area contributed by atoms with Gasteiger partial charge in [0, 0.05) is 12.6 Å². The molecule has 0 radical (unpaired) electrons. The Labute approximate surface area is 181 Å². The summed E-state index contributed by atoms with van der Waals surface area (Å²) in [4.78, 5) is 33.1. The van der Waals surface area contributed by atoms with Gasteiger partial charge in [-0.2, -0.15) is 0 Å². The van der Waals surface area contributed by atoms with Gasteiger partial charge in [-0.25, -0.2) is 4.98 Å². The minimum Gasteiger partial charge on any atom is -0.339 e. The molecular weight excluding hydrogens is 394 g/mol. The SMILES string of the molecule is CC[C@H]1CCCCN1C(=O)CSc1nc2ccccc2c(=O)n1-c1ccccc1C. The Hall–Kier alpha value is -2.60. The lowest BCUT2D eigenvalue weighted by molar-refractivity contribution is -0.132. The lowest BCUT2D eigenvalue weighted by Gasteiger charge is -2.35. The Morgan fingerprint density at radius 3 is 2.70 bits per heavy atom. The van der Waals surface area contributed by atoms with Crippen LogP contribution in [0.4, 0.5) is 0 Å². The number of thioether (sulfide) groups is 1. The van der Waals surface area contributed by atoms with E-state index in [2.05, 4.69) is 6.92 Å². The monoisotopic (exact) mass is 421 g/mol. The van der Waals surface area contributed by atoms with Crippen molar-refractivity contribution in [3.8, 4) is 5.69 Å². The summed E-state index contributed by atoms with van der Waals surface area (Å²) in [5, 5.41) is 1.14. The van der Waals surface area contributed by atoms with Gasteiger partial charge in [0.25, 0.3) is 5.56 Å². The van der Waals surface area contributed by atoms with Crippen molar-refractivity contribution in [2.24, 2.45) is 0 Å². The first kappa shape index (κ1) is 20.7. The fraction of sp³-hybridized carbons (Fsp3) is 0.375. The van der Waals surface area contributed by atoms with E-state index in [9.17, 15) is 9.59 Å². The lowest BCUT2D eigenvalue weighted by atomic mass is 10.0. The molecule has 1 aromatic heterocycles. The van der Waals surface area contributed by atoms with Crippen molar-refractivity contribution in [1.82, 2.24) is 14.5 Å². The highest BCUT2D eigenvalue weighted by atomic mass is 32.2. The number of rotatable bonds is 5. The number of para-hydroxylation sites is 2. The number of fused-ring (bicyclic) bond motifs is 1. The molecule has 3 aromatic rings. The highest BCUT2D eigenvalue weighted by Crippen LogP contribution is 2.25. The maximum Gasteiger partial charge on any atom is 0.266 e. The molecule has 1 aliphatic heterocycles. The molecule has 0 N–H and O–H groups in total. The summed E-state index contributed by atoms with van der Waals surface area (Å²) in [6, 6.07) is 15.5. The Bertz CT molecular complexity index is 1120. The van der Waals surface area contributed by atoms with Crippen LogP contribution in [0.25, 0.3) is 16.6 Å². The third-order valence-corrected chi connectivity index (χ3v) is 6.77. The molecule has 0 saturated carbocycles. The summed E-state index contributed by atoms with van der Waals surface area (Å²) in [5.74, 6) is 0.415. The van der Waals surface area contributed by atoms with Crippen LogP contribution in [-0.2, 0) is 4.79 Å². The van der Waals surface area contributed by atoms with Crippen molar-refractivity contribution in [2.45, 2.75) is 50.7 Å². The summed E-state index contributed by atoms with van der Waals surface area (Å²) in [7, 11) is 0. The van der Waals surface area contributed by atoms with E-state index in [4.69, 9.17) is 4.98 Å². The van der Waals surface area contributed by atoms with Crippen LogP contribution in [0, 0.1) is 6.92 Å². The zero-order valence-corrected chi connectivity index (χ0v) is 18.3. The largest absolute Gasteiger partial charge is 0.339 e. The standard InChI is InChI=1S/C24H27N3O2S/c1-3-18-11-8-9-15-26(18)22(28)16-30-24-25-20-13-6-5-12-19(20)23(29)27(24)21-14-7-4-10-17(21)2/h4-7,10,12-14,18H,3,8-9,11,15-16H2,1-2H3/t18-/m0/s1. The van der Waals surface area contributed by atoms with Crippen LogP contribution in [0.1, 0.15) is 38.2 Å². The van der Waals surface area contributed by atoms with Gasteiger partial charge in [-0.3, -0.25) is 14.2 Å². The highest BCUT2D eigenvalue weighted by molar-refractivity contribution is 7.99. The van der Waals surface area contributed by atoms with E-state index in [0.29, 0.717) is 22.1 Å². The molecule has 1 aliphatic rings. The Morgan fingerprint density at radius 2 is 1.90 bits per heavy atom. The average Bonchev–Trinajstić information content (AvgIpc) is 2.78. The van der Waals surface area contributed by atoms with E-state index >= 15 is 0 Å². The Kier molecular flexibility index (Phi) is 6.23. The average molecular weight is 422 g/mol. The number of likely N-dealkylation sites (tertiary alicyclic amines) is 1. The van der Waals surface area contributed by atoms with Crippen molar-refractivity contribution >= 4 is 28.6 Å². The molecular formula is C24H27N3O2S. The normalized spacial score (nSPS) is 16.7. The first-order chi connectivity index (χ1) is 14.6. The van der Waals surface area contributed by atoms with Crippen LogP contribution in [0.2, 0.25) is 0 Å². The zero-order valence-electron chi connectivity index (χ0n) is 17.5. The van der Waals surface area contributed by atoms with Gasteiger partial charge in [-0.05, 0) is 56.4 Å². The molecule has 1 atom stereocenters. The zero-order chi connectivity index (χ0) is 21.1. The maximum atomic E-state index is 13.4. The van der Waals surface area contributed by atoms with Gasteiger partial charge in [0.1, 0.15) is 0 Å². The number of benzene rings is 2. The number of piperidine rings is 1. The van der Waals surface area contributed by atoms with E-state index in [1.54, 1.807) is 10.6 Å². The fourth-order valence-corrected chi connectivity index (χ4v) is 5.09. The molecule has 1 fully saturated rings. The predicted molar refractivity (Wildman–Crippen MR) is 122 cm³/mol. The number of aryl methyl sites for hydroxylation is 1. The molecule has 30 heavy (non-hydrogen) atoms. The van der Waals surface area contributed by atoms with Crippen LogP contribution in [-0.4, -0.2) is 38.7 Å². The summed E-state index contributed by atoms with van der Waals surface area (Å²) in [5.41, 5.74) is 2.35. The number of carbonyl (C=O) groups excluding carboxylic acids is 1. The Balaban J connectivity index is 1.71. The van der Waals surface area contributed by atoms with Crippen LogP contribution in [0.5, 0.6) is 0 Å². The molecule has 1 amide bonds. The number of nitrogens with zero attached hydrogens (tertiary/aromatic N) is 3. The van der Waals surface area contributed by atoms with Gasteiger partial charge in [0.05, 0.1) is 22.3 Å². The molecule has 0 unspecified atom stereocenters. The fourth-order valence-electron chi connectivity index (χ4n) is 4.20. The van der Waals surface area contributed by atoms with Crippen LogP contribution < -0.4 is 5.56 Å². The van der Waals surface area contributed by atoms with Crippen LogP contribution in [0.3, 0.4) is 0 Å². The van der Waals surface area contributed by atoms with E-state index in [0.717, 1.165) is 37.1 Å². The van der Waals surface area contributed by atoms with Crippen LogP contribution in [0.15, 0.2) is 58.5 Å². The van der Waals surface area contributed by atoms with Gasteiger partial charge in [0.15, 0.2) is 5.16 Å². The number of carbonyl (C=O) groups is 1. The summed E-state index contributed by atoms with van der Waals surface area (Å²) >= 11 is 1.35. The minimum absolute atomic E-state index is 0.103. The second-order valence-corrected chi connectivity index (χ2v) is 8.71. The lowest BCUT2D eigenvalue weighted by Crippen LogP contribution is -2.44. The van der Waals surface area contributed by atoms with Gasteiger partial charge in [0.2, 0.25) is 5.91 Å². The maximum absolute atomic E-state index is 13.4. The minimum atomic E-state index is -0.103. The van der Waals surface area contributed by atoms with Crippen molar-refractivity contribution in [3.05, 3.63) is 64.4 Å². The van der Waals surface area contributed by atoms with Gasteiger partial charge in [-0.1, -0.05) is 49.0 Å². The van der Waals surface area contributed by atoms with Crippen molar-refractivity contribution in [3.63, 3.8) is 0 Å². The number of amides is 1. The molecule has 2 heterocycles. The summed E-state index contributed by atoms with van der Waals surface area (Å²) in [6.07, 6.45) is 4.32. The topological polar surface area (TPSA) is 55.2 Å². The third kappa shape index (κ3) is 4.01. The van der Waals surface area contributed by atoms with Gasteiger partial charge >= 0.3 is 0 Å². The van der Waals surface area contributed by atoms with Crippen molar-refractivity contribution in [1.29, 1.82) is 0 Å². The Morgan fingerprint density at radius 1 is 1.13 bits per heavy atom. The third-order valence-electron chi connectivity index (χ3n) is 5.84. The molecule has 4 rings (SSSR count). The smallest absolute Gasteiger partial charge is 0.266 e. The second-order valence-electron chi connectivity index (χ2n) is 7.77. The molecule has 0 bridgehead atoms. The van der Waals surface area contributed by atoms with E-state index in [1.165, 1.54) is 18.2 Å². The predicted octanol–water partition coefficient (Wildman–Crippen LogP) is 4.58. The second kappa shape index (κ2) is 9.04. The quantitative estimate of drug-likeness (QED) is 0.447. The van der Waals surface area contributed by atoms with Gasteiger partial charge < -0.3 is 4.90 Å². The van der Waals surface area contributed by atoms with Gasteiger partial charge in [-0.15, -0.1) is 0 Å². The van der Waals surface area contributed by atoms with Crippen LogP contribution >= 0.6 is 11.8 Å². The molecule has 156 valence electrons. The molecule has 2 aromatic carbocycles. The first-order valence-corrected chi connectivity index (χ1v) is 11.6. The number of aromatic nitrogens is 2. The summed E-state index contributed by atoms with van der Waals surface area (Å²) in [6.45, 7) is 4.95. The molecule has 0 spiro atoms. The number of hydrogen-bond donors (Lipinski definition) is 0. The molecule has 5 nitrogen and oxygen atoms in total. The molecule has 0 aliphatic carbocycles. The molecule has 1 saturated heterocycles. The molecule has 6 heteroatoms. The first-order valence-electron chi connectivity index (χ1n) is 10.6. The number of hydrogen-bond acceptors (Lipinski definition) is 4.